The van der Waals surface area contributed by atoms with Gasteiger partial charge in [0.05, 0.1) is 24.0 Å². The zero-order chi connectivity index (χ0) is 14.8. The number of methoxy groups -OCH3 is 1. The van der Waals surface area contributed by atoms with Crippen LogP contribution in [-0.4, -0.2) is 22.1 Å². The second-order valence-corrected chi connectivity index (χ2v) is 4.87. The number of nitrogen functional groups attached to an aromatic ring is 1. The van der Waals surface area contributed by atoms with Crippen LogP contribution in [0, 0.1) is 0 Å². The van der Waals surface area contributed by atoms with Gasteiger partial charge in [0, 0.05) is 11.3 Å². The maximum absolute atomic E-state index is 6.18. The molecule has 106 valence electrons. The van der Waals surface area contributed by atoms with Crippen LogP contribution in [0.2, 0.25) is 5.02 Å². The van der Waals surface area contributed by atoms with E-state index in [-0.39, 0.29) is 0 Å². The Labute approximate surface area is 126 Å². The van der Waals surface area contributed by atoms with E-state index in [1.54, 1.807) is 36.2 Å². The molecule has 1 aromatic heterocycles. The smallest absolute Gasteiger partial charge is 0.128 e. The van der Waals surface area contributed by atoms with Gasteiger partial charge >= 0.3 is 0 Å². The highest BCUT2D eigenvalue weighted by Crippen LogP contribution is 2.29. The van der Waals surface area contributed by atoms with Crippen molar-refractivity contribution in [2.45, 2.75) is 0 Å². The van der Waals surface area contributed by atoms with E-state index in [2.05, 4.69) is 10.3 Å². The van der Waals surface area contributed by atoms with Gasteiger partial charge in [0.1, 0.15) is 11.4 Å². The molecule has 6 heteroatoms. The molecule has 2 aromatic carbocycles. The lowest BCUT2D eigenvalue weighted by Gasteiger charge is -2.05. The van der Waals surface area contributed by atoms with Gasteiger partial charge in [0.25, 0.3) is 0 Å². The Morgan fingerprint density at radius 2 is 2.00 bits per heavy atom. The molecule has 0 radical (unpaired) electrons. The molecular formula is C15H13ClN4O. The molecule has 2 N–H and O–H groups in total. The molecule has 5 nitrogen and oxygen atoms in total. The third-order valence-electron chi connectivity index (χ3n) is 3.09. The molecule has 0 spiro atoms. The molecule has 0 bridgehead atoms. The van der Waals surface area contributed by atoms with Crippen LogP contribution in [0.15, 0.2) is 48.7 Å². The number of nitrogens with two attached hydrogens (primary N) is 1. The second-order valence-electron chi connectivity index (χ2n) is 4.46. The van der Waals surface area contributed by atoms with Crippen LogP contribution in [0.25, 0.3) is 16.9 Å². The van der Waals surface area contributed by atoms with Crippen LogP contribution >= 0.6 is 11.6 Å². The van der Waals surface area contributed by atoms with Gasteiger partial charge in [-0.05, 0) is 30.3 Å². The number of ether oxygens (including phenoxy) is 1. The summed E-state index contributed by atoms with van der Waals surface area (Å²) in [6.07, 6.45) is 1.80. The minimum absolute atomic E-state index is 0.520. The molecule has 3 rings (SSSR count). The van der Waals surface area contributed by atoms with Gasteiger partial charge in [-0.15, -0.1) is 5.10 Å². The van der Waals surface area contributed by atoms with Gasteiger partial charge in [-0.2, -0.15) is 0 Å². The Kier molecular flexibility index (Phi) is 3.50. The normalized spacial score (nSPS) is 10.6. The highest BCUT2D eigenvalue weighted by Gasteiger charge is 2.11. The van der Waals surface area contributed by atoms with Crippen molar-refractivity contribution in [1.82, 2.24) is 15.0 Å². The van der Waals surface area contributed by atoms with Crippen LogP contribution < -0.4 is 10.5 Å². The number of nitrogens with zero attached hydrogens (tertiary/aromatic N) is 3. The maximum Gasteiger partial charge on any atom is 0.128 e. The Bertz CT molecular complexity index is 785. The highest BCUT2D eigenvalue weighted by molar-refractivity contribution is 6.32. The SMILES string of the molecule is COc1ccccc1-c1cn(-c2ccc(N)cc2Cl)nn1. The van der Waals surface area contributed by atoms with Crippen molar-refractivity contribution in [2.24, 2.45) is 0 Å². The van der Waals surface area contributed by atoms with E-state index < -0.39 is 0 Å². The lowest BCUT2D eigenvalue weighted by Crippen LogP contribution is -1.96. The lowest BCUT2D eigenvalue weighted by atomic mass is 10.1. The van der Waals surface area contributed by atoms with Crippen molar-refractivity contribution in [3.8, 4) is 22.7 Å². The van der Waals surface area contributed by atoms with Crippen molar-refractivity contribution < 1.29 is 4.74 Å². The van der Waals surface area contributed by atoms with Gasteiger partial charge < -0.3 is 10.5 Å². The summed E-state index contributed by atoms with van der Waals surface area (Å²) >= 11 is 6.18. The molecule has 0 aliphatic heterocycles. The zero-order valence-electron chi connectivity index (χ0n) is 11.3. The molecule has 0 saturated carbocycles. The first kappa shape index (κ1) is 13.5. The predicted molar refractivity (Wildman–Crippen MR) is 82.8 cm³/mol. The van der Waals surface area contributed by atoms with Crippen LogP contribution in [-0.2, 0) is 0 Å². The highest BCUT2D eigenvalue weighted by atomic mass is 35.5. The fourth-order valence-corrected chi connectivity index (χ4v) is 2.35. The fourth-order valence-electron chi connectivity index (χ4n) is 2.07. The van der Waals surface area contributed by atoms with Gasteiger partial charge in [-0.3, -0.25) is 0 Å². The van der Waals surface area contributed by atoms with Crippen LogP contribution in [0.1, 0.15) is 0 Å². The number of halogens is 1. The molecule has 0 saturated heterocycles. The molecule has 0 unspecified atom stereocenters. The maximum atomic E-state index is 6.18. The van der Waals surface area contributed by atoms with Gasteiger partial charge in [-0.1, -0.05) is 28.9 Å². The molecule has 3 aromatic rings. The summed E-state index contributed by atoms with van der Waals surface area (Å²) in [5.74, 6) is 0.743. The monoisotopic (exact) mass is 300 g/mol. The minimum Gasteiger partial charge on any atom is -0.496 e. The Balaban J connectivity index is 2.04. The van der Waals surface area contributed by atoms with E-state index in [4.69, 9.17) is 22.1 Å². The first-order valence-corrected chi connectivity index (χ1v) is 6.68. The van der Waals surface area contributed by atoms with Gasteiger partial charge in [0.2, 0.25) is 0 Å². The number of para-hydroxylation sites is 1. The van der Waals surface area contributed by atoms with Gasteiger partial charge in [0.15, 0.2) is 0 Å². The van der Waals surface area contributed by atoms with E-state index in [9.17, 15) is 0 Å². The van der Waals surface area contributed by atoms with E-state index in [0.717, 1.165) is 17.0 Å². The molecule has 1 heterocycles. The van der Waals surface area contributed by atoms with E-state index >= 15 is 0 Å². The topological polar surface area (TPSA) is 66.0 Å². The average molecular weight is 301 g/mol. The van der Waals surface area contributed by atoms with Crippen LogP contribution in [0.5, 0.6) is 5.75 Å². The number of aromatic nitrogens is 3. The number of anilines is 1. The van der Waals surface area contributed by atoms with Crippen molar-refractivity contribution >= 4 is 17.3 Å². The molecular weight excluding hydrogens is 288 g/mol. The summed E-state index contributed by atoms with van der Waals surface area (Å²) in [7, 11) is 1.63. The summed E-state index contributed by atoms with van der Waals surface area (Å²) in [5.41, 5.74) is 8.60. The van der Waals surface area contributed by atoms with Crippen molar-refractivity contribution in [2.75, 3.05) is 12.8 Å². The van der Waals surface area contributed by atoms with E-state index in [0.29, 0.717) is 16.4 Å². The van der Waals surface area contributed by atoms with Crippen molar-refractivity contribution in [3.05, 3.63) is 53.7 Å². The fraction of sp³-hybridized carbons (Fsp3) is 0.0667. The Morgan fingerprint density at radius 1 is 1.19 bits per heavy atom. The molecule has 0 aliphatic rings. The third kappa shape index (κ3) is 2.55. The third-order valence-corrected chi connectivity index (χ3v) is 3.40. The predicted octanol–water partition coefficient (Wildman–Crippen LogP) is 3.18. The summed E-state index contributed by atoms with van der Waals surface area (Å²) in [4.78, 5) is 0. The number of hydrogen-bond acceptors (Lipinski definition) is 4. The first-order chi connectivity index (χ1) is 10.2. The summed E-state index contributed by atoms with van der Waals surface area (Å²) in [6.45, 7) is 0. The molecule has 0 fully saturated rings. The Morgan fingerprint density at radius 3 is 2.76 bits per heavy atom. The number of hydrogen-bond donors (Lipinski definition) is 1. The molecule has 0 atom stereocenters. The zero-order valence-corrected chi connectivity index (χ0v) is 12.1. The first-order valence-electron chi connectivity index (χ1n) is 6.30. The van der Waals surface area contributed by atoms with Crippen molar-refractivity contribution in [1.29, 1.82) is 0 Å². The van der Waals surface area contributed by atoms with E-state index in [1.165, 1.54) is 0 Å². The average Bonchev–Trinajstić information content (AvgIpc) is 2.96. The molecule has 0 aliphatic carbocycles. The van der Waals surface area contributed by atoms with Gasteiger partial charge in [-0.25, -0.2) is 4.68 Å². The largest absolute Gasteiger partial charge is 0.496 e. The van der Waals surface area contributed by atoms with Crippen LogP contribution in [0.4, 0.5) is 5.69 Å². The summed E-state index contributed by atoms with van der Waals surface area (Å²) < 4.78 is 6.95. The second kappa shape index (κ2) is 5.46. The van der Waals surface area contributed by atoms with E-state index in [1.807, 2.05) is 24.3 Å². The quantitative estimate of drug-likeness (QED) is 0.754. The summed E-state index contributed by atoms with van der Waals surface area (Å²) in [6, 6.07) is 12.9. The standard InChI is InChI=1S/C15H13ClN4O/c1-21-15-5-3-2-4-11(15)13-9-20(19-18-13)14-7-6-10(17)8-12(14)16/h2-9H,17H2,1H3. The van der Waals surface area contributed by atoms with Crippen LogP contribution in [0.3, 0.4) is 0 Å². The van der Waals surface area contributed by atoms with Crippen molar-refractivity contribution in [3.63, 3.8) is 0 Å². The number of rotatable bonds is 3. The molecule has 0 amide bonds. The molecule has 21 heavy (non-hydrogen) atoms. The lowest BCUT2D eigenvalue weighted by molar-refractivity contribution is 0.416. The number of benzene rings is 2. The Hall–Kier alpha value is -2.53. The minimum atomic E-state index is 0.520. The summed E-state index contributed by atoms with van der Waals surface area (Å²) in [5, 5.41) is 8.81.